The van der Waals surface area contributed by atoms with E-state index in [9.17, 15) is 24.8 Å². The van der Waals surface area contributed by atoms with E-state index >= 15 is 0 Å². The van der Waals surface area contributed by atoms with Crippen LogP contribution in [-0.2, 0) is 11.4 Å². The number of carbonyl (C=O) groups excluding carboxylic acids is 1. The summed E-state index contributed by atoms with van der Waals surface area (Å²) in [6, 6.07) is 17.6. The molecule has 0 saturated carbocycles. The molecule has 0 heterocycles. The van der Waals surface area contributed by atoms with Crippen molar-refractivity contribution in [3.8, 4) is 5.75 Å². The number of non-ortho nitro benzene ring substituents is 1. The number of amides is 1. The van der Waals surface area contributed by atoms with Crippen molar-refractivity contribution in [2.45, 2.75) is 6.61 Å². The quantitative estimate of drug-likeness (QED) is 0.206. The summed E-state index contributed by atoms with van der Waals surface area (Å²) in [5, 5.41) is 22.9. The molecule has 0 bridgehead atoms. The van der Waals surface area contributed by atoms with Gasteiger partial charge in [0.2, 0.25) is 0 Å². The van der Waals surface area contributed by atoms with Crippen LogP contribution in [0.1, 0.15) is 21.5 Å². The summed E-state index contributed by atoms with van der Waals surface area (Å²) in [4.78, 5) is 34.4. The molecule has 10 heteroatoms. The lowest BCUT2D eigenvalue weighted by molar-refractivity contribution is -0.384. The highest BCUT2D eigenvalue weighted by molar-refractivity contribution is 9.11. The number of hydrogen-bond acceptors (Lipinski definition) is 5. The third-order valence-corrected chi connectivity index (χ3v) is 5.53. The fraction of sp³-hybridized carbons (Fsp3) is 0.0435. The standard InChI is InChI=1S/C23H16Br2N2O6/c24-18-10-15(12-20(23(29)30)26-22(28)16-6-2-1-3-7-16)11-19(25)21(18)33-13-14-5-4-8-17(9-14)27(31)32/h1-12H,13H2,(H,26,28)(H,29,30)/b20-12+. The van der Waals surface area contributed by atoms with E-state index in [1.54, 1.807) is 54.6 Å². The normalized spacial score (nSPS) is 11.0. The van der Waals surface area contributed by atoms with E-state index in [4.69, 9.17) is 4.74 Å². The molecule has 0 saturated heterocycles. The van der Waals surface area contributed by atoms with Gasteiger partial charge in [-0.2, -0.15) is 0 Å². The van der Waals surface area contributed by atoms with E-state index in [0.717, 1.165) is 0 Å². The van der Waals surface area contributed by atoms with Gasteiger partial charge in [0.15, 0.2) is 0 Å². The Morgan fingerprint density at radius 1 is 1.03 bits per heavy atom. The lowest BCUT2D eigenvalue weighted by atomic mass is 10.1. The highest BCUT2D eigenvalue weighted by Gasteiger charge is 2.15. The fourth-order valence-electron chi connectivity index (χ4n) is 2.82. The Balaban J connectivity index is 1.79. The van der Waals surface area contributed by atoms with Gasteiger partial charge in [0, 0.05) is 17.7 Å². The molecule has 0 radical (unpaired) electrons. The van der Waals surface area contributed by atoms with Gasteiger partial charge in [-0.15, -0.1) is 0 Å². The summed E-state index contributed by atoms with van der Waals surface area (Å²) in [6.07, 6.45) is 1.32. The number of aliphatic carboxylic acids is 1. The van der Waals surface area contributed by atoms with Crippen LogP contribution in [0.25, 0.3) is 6.08 Å². The van der Waals surface area contributed by atoms with Crippen LogP contribution in [0, 0.1) is 10.1 Å². The Morgan fingerprint density at radius 3 is 2.30 bits per heavy atom. The van der Waals surface area contributed by atoms with Crippen LogP contribution in [0.4, 0.5) is 5.69 Å². The van der Waals surface area contributed by atoms with E-state index in [-0.39, 0.29) is 18.0 Å². The van der Waals surface area contributed by atoms with Gasteiger partial charge in [0.1, 0.15) is 18.1 Å². The molecule has 2 N–H and O–H groups in total. The van der Waals surface area contributed by atoms with Gasteiger partial charge in [-0.25, -0.2) is 4.79 Å². The SMILES string of the molecule is O=C(O)/C(=C\c1cc(Br)c(OCc2cccc([N+](=O)[O-])c2)c(Br)c1)NC(=O)c1ccccc1. The number of nitrogens with one attached hydrogen (secondary N) is 1. The number of nitro benzene ring substituents is 1. The number of carboxylic acid groups (broad SMARTS) is 1. The number of nitro groups is 1. The summed E-state index contributed by atoms with van der Waals surface area (Å²) in [5.41, 5.74) is 1.10. The number of halogens is 2. The fourth-order valence-corrected chi connectivity index (χ4v) is 4.27. The molecule has 0 atom stereocenters. The second kappa shape index (κ2) is 10.9. The molecule has 33 heavy (non-hydrogen) atoms. The number of carboxylic acids is 1. The first-order valence-electron chi connectivity index (χ1n) is 9.41. The highest BCUT2D eigenvalue weighted by Crippen LogP contribution is 2.36. The van der Waals surface area contributed by atoms with Crippen LogP contribution in [0.15, 0.2) is 81.4 Å². The predicted octanol–water partition coefficient (Wildman–Crippen LogP) is 5.55. The third-order valence-electron chi connectivity index (χ3n) is 4.35. The topological polar surface area (TPSA) is 119 Å². The van der Waals surface area contributed by atoms with Gasteiger partial charge in [0.25, 0.3) is 11.6 Å². The molecule has 8 nitrogen and oxygen atoms in total. The first kappa shape index (κ1) is 24.1. The Bertz CT molecular complexity index is 1220. The average Bonchev–Trinajstić information content (AvgIpc) is 2.78. The van der Waals surface area contributed by atoms with Crippen LogP contribution in [0.2, 0.25) is 0 Å². The van der Waals surface area contributed by atoms with Crippen molar-refractivity contribution in [1.82, 2.24) is 5.32 Å². The minimum Gasteiger partial charge on any atom is -0.487 e. The number of hydrogen-bond donors (Lipinski definition) is 2. The summed E-state index contributed by atoms with van der Waals surface area (Å²) in [7, 11) is 0. The van der Waals surface area contributed by atoms with E-state index in [1.165, 1.54) is 18.2 Å². The maximum atomic E-state index is 12.3. The Kier molecular flexibility index (Phi) is 7.96. The molecular weight excluding hydrogens is 560 g/mol. The van der Waals surface area contributed by atoms with Gasteiger partial charge in [-0.3, -0.25) is 14.9 Å². The zero-order valence-electron chi connectivity index (χ0n) is 16.8. The maximum absolute atomic E-state index is 12.3. The molecule has 1 amide bonds. The number of rotatable bonds is 8. The van der Waals surface area contributed by atoms with Crippen LogP contribution in [-0.4, -0.2) is 21.9 Å². The van der Waals surface area contributed by atoms with E-state index < -0.39 is 16.8 Å². The minimum atomic E-state index is -1.29. The van der Waals surface area contributed by atoms with Gasteiger partial charge in [-0.05, 0) is 73.3 Å². The van der Waals surface area contributed by atoms with Crippen molar-refractivity contribution < 1.29 is 24.4 Å². The molecule has 0 spiro atoms. The van der Waals surface area contributed by atoms with Gasteiger partial charge < -0.3 is 15.2 Å². The number of benzene rings is 3. The average molecular weight is 576 g/mol. The Hall–Kier alpha value is -3.50. The third kappa shape index (κ3) is 6.50. The maximum Gasteiger partial charge on any atom is 0.352 e. The second-order valence-corrected chi connectivity index (χ2v) is 8.42. The second-order valence-electron chi connectivity index (χ2n) is 6.71. The van der Waals surface area contributed by atoms with Gasteiger partial charge >= 0.3 is 5.97 Å². The van der Waals surface area contributed by atoms with Crippen molar-refractivity contribution in [3.63, 3.8) is 0 Å². The van der Waals surface area contributed by atoms with Gasteiger partial charge in [-0.1, -0.05) is 30.3 Å². The Labute approximate surface area is 205 Å². The summed E-state index contributed by atoms with van der Waals surface area (Å²) in [5.74, 6) is -1.40. The molecule has 0 fully saturated rings. The van der Waals surface area contributed by atoms with E-state index in [2.05, 4.69) is 37.2 Å². The molecule has 0 aliphatic heterocycles. The van der Waals surface area contributed by atoms with Crippen LogP contribution >= 0.6 is 31.9 Å². The van der Waals surface area contributed by atoms with Crippen molar-refractivity contribution in [2.75, 3.05) is 0 Å². The van der Waals surface area contributed by atoms with Crippen LogP contribution in [0.5, 0.6) is 5.75 Å². The van der Waals surface area contributed by atoms with Crippen molar-refractivity contribution in [3.05, 3.63) is 108 Å². The van der Waals surface area contributed by atoms with E-state index in [0.29, 0.717) is 31.4 Å². The number of carbonyl (C=O) groups is 2. The lowest BCUT2D eigenvalue weighted by Crippen LogP contribution is -2.27. The number of ether oxygens (including phenoxy) is 1. The summed E-state index contributed by atoms with van der Waals surface area (Å²) in [6.45, 7) is 0.0849. The molecule has 0 aliphatic rings. The monoisotopic (exact) mass is 574 g/mol. The summed E-state index contributed by atoms with van der Waals surface area (Å²) < 4.78 is 6.84. The van der Waals surface area contributed by atoms with Crippen LogP contribution in [0.3, 0.4) is 0 Å². The molecule has 3 aromatic carbocycles. The molecule has 168 valence electrons. The van der Waals surface area contributed by atoms with Crippen molar-refractivity contribution >= 4 is 55.5 Å². The Morgan fingerprint density at radius 2 is 1.70 bits per heavy atom. The first-order chi connectivity index (χ1) is 15.7. The minimum absolute atomic E-state index is 0.0338. The molecule has 0 unspecified atom stereocenters. The highest BCUT2D eigenvalue weighted by atomic mass is 79.9. The predicted molar refractivity (Wildman–Crippen MR) is 129 cm³/mol. The molecular formula is C23H16Br2N2O6. The largest absolute Gasteiger partial charge is 0.487 e. The molecule has 0 aliphatic carbocycles. The first-order valence-corrected chi connectivity index (χ1v) is 11.0. The number of nitrogens with zero attached hydrogens (tertiary/aromatic N) is 1. The smallest absolute Gasteiger partial charge is 0.352 e. The van der Waals surface area contributed by atoms with Crippen molar-refractivity contribution in [1.29, 1.82) is 0 Å². The molecule has 3 aromatic rings. The lowest BCUT2D eigenvalue weighted by Gasteiger charge is -2.12. The zero-order valence-corrected chi connectivity index (χ0v) is 20.0. The zero-order chi connectivity index (χ0) is 24.0. The van der Waals surface area contributed by atoms with Crippen LogP contribution < -0.4 is 10.1 Å². The van der Waals surface area contributed by atoms with Gasteiger partial charge in [0.05, 0.1) is 13.9 Å². The summed E-state index contributed by atoms with van der Waals surface area (Å²) >= 11 is 6.79. The molecule has 3 rings (SSSR count). The van der Waals surface area contributed by atoms with E-state index in [1.807, 2.05) is 0 Å². The molecule has 0 aromatic heterocycles. The van der Waals surface area contributed by atoms with Crippen molar-refractivity contribution in [2.24, 2.45) is 0 Å².